The highest BCUT2D eigenvalue weighted by Gasteiger charge is 2.08. The molecule has 0 aliphatic rings. The van der Waals surface area contributed by atoms with Gasteiger partial charge < -0.3 is 4.74 Å². The van der Waals surface area contributed by atoms with Crippen LogP contribution < -0.4 is 4.74 Å². The van der Waals surface area contributed by atoms with Crippen molar-refractivity contribution in [3.8, 4) is 11.8 Å². The molecule has 88 valence electrons. The van der Waals surface area contributed by atoms with Gasteiger partial charge in [-0.2, -0.15) is 0 Å². The molecule has 1 heterocycles. The summed E-state index contributed by atoms with van der Waals surface area (Å²) in [7, 11) is 0. The third-order valence-corrected chi connectivity index (χ3v) is 2.55. The van der Waals surface area contributed by atoms with Crippen LogP contribution in [0.2, 0.25) is 0 Å². The molecule has 17 heavy (non-hydrogen) atoms. The third-order valence-electron chi connectivity index (χ3n) is 2.06. The predicted octanol–water partition coefficient (Wildman–Crippen LogP) is 3.79. The monoisotopic (exact) mass is 296 g/mol. The van der Waals surface area contributed by atoms with E-state index < -0.39 is 5.82 Å². The van der Waals surface area contributed by atoms with Gasteiger partial charge in [0.2, 0.25) is 0 Å². The largest absolute Gasteiger partial charge is 0.421 e. The van der Waals surface area contributed by atoms with E-state index in [4.69, 9.17) is 4.74 Å². The van der Waals surface area contributed by atoms with Gasteiger partial charge in [0, 0.05) is 15.9 Å². The molecular formula is C12H10BrFN2O. The summed E-state index contributed by atoms with van der Waals surface area (Å²) in [5, 5.41) is 0. The number of nitrogens with zero attached hydrogens (tertiary/aromatic N) is 2. The summed E-state index contributed by atoms with van der Waals surface area (Å²) >= 11 is 3.18. The van der Waals surface area contributed by atoms with Gasteiger partial charge >= 0.3 is 6.01 Å². The molecule has 0 unspecified atom stereocenters. The molecule has 2 rings (SSSR count). The molecule has 0 spiro atoms. The Hall–Kier alpha value is -1.49. The molecule has 1 aromatic heterocycles. The van der Waals surface area contributed by atoms with Gasteiger partial charge in [0.15, 0.2) is 11.6 Å². The molecule has 1 aromatic carbocycles. The fourth-order valence-corrected chi connectivity index (χ4v) is 1.73. The van der Waals surface area contributed by atoms with E-state index in [-0.39, 0.29) is 11.8 Å². The lowest BCUT2D eigenvalue weighted by Gasteiger charge is -2.06. The van der Waals surface area contributed by atoms with E-state index >= 15 is 0 Å². The molecule has 0 bridgehead atoms. The molecule has 0 saturated heterocycles. The maximum Gasteiger partial charge on any atom is 0.322 e. The van der Waals surface area contributed by atoms with Crippen LogP contribution in [0.15, 0.2) is 28.7 Å². The summed E-state index contributed by atoms with van der Waals surface area (Å²) in [5.41, 5.74) is 1.56. The number of aryl methyl sites for hydroxylation is 2. The van der Waals surface area contributed by atoms with Crippen molar-refractivity contribution in [3.63, 3.8) is 0 Å². The highest BCUT2D eigenvalue weighted by atomic mass is 79.9. The van der Waals surface area contributed by atoms with Gasteiger partial charge in [-0.3, -0.25) is 0 Å². The Morgan fingerprint density at radius 2 is 1.76 bits per heavy atom. The van der Waals surface area contributed by atoms with Crippen molar-refractivity contribution in [2.24, 2.45) is 0 Å². The summed E-state index contributed by atoms with van der Waals surface area (Å²) in [6.45, 7) is 3.67. The summed E-state index contributed by atoms with van der Waals surface area (Å²) in [6.07, 6.45) is 0. The lowest BCUT2D eigenvalue weighted by molar-refractivity contribution is 0.408. The molecule has 3 nitrogen and oxygen atoms in total. The van der Waals surface area contributed by atoms with Crippen molar-refractivity contribution in [2.75, 3.05) is 0 Å². The number of hydrogen-bond acceptors (Lipinski definition) is 3. The lowest BCUT2D eigenvalue weighted by atomic mass is 10.3. The predicted molar refractivity (Wildman–Crippen MR) is 65.7 cm³/mol. The van der Waals surface area contributed by atoms with E-state index in [0.29, 0.717) is 4.47 Å². The maximum atomic E-state index is 13.5. The van der Waals surface area contributed by atoms with Crippen LogP contribution in [0.5, 0.6) is 11.8 Å². The molecule has 0 aliphatic carbocycles. The second-order valence-electron chi connectivity index (χ2n) is 3.61. The SMILES string of the molecule is Cc1cc(C)nc(Oc2ccc(Br)cc2F)n1. The standard InChI is InChI=1S/C12H10BrFN2O/c1-7-5-8(2)16-12(15-7)17-11-4-3-9(13)6-10(11)14/h3-6H,1-2H3. The van der Waals surface area contributed by atoms with Crippen molar-refractivity contribution in [2.45, 2.75) is 13.8 Å². The topological polar surface area (TPSA) is 35.0 Å². The molecule has 0 N–H and O–H groups in total. The van der Waals surface area contributed by atoms with Crippen LogP contribution in [0.25, 0.3) is 0 Å². The summed E-state index contributed by atoms with van der Waals surface area (Å²) in [5.74, 6) is -0.347. The third kappa shape index (κ3) is 3.00. The fraction of sp³-hybridized carbons (Fsp3) is 0.167. The smallest absolute Gasteiger partial charge is 0.322 e. The van der Waals surface area contributed by atoms with E-state index in [1.165, 1.54) is 12.1 Å². The van der Waals surface area contributed by atoms with E-state index in [2.05, 4.69) is 25.9 Å². The van der Waals surface area contributed by atoms with Crippen LogP contribution in [-0.2, 0) is 0 Å². The zero-order chi connectivity index (χ0) is 12.4. The minimum Gasteiger partial charge on any atom is -0.421 e. The maximum absolute atomic E-state index is 13.5. The van der Waals surface area contributed by atoms with E-state index in [1.54, 1.807) is 6.07 Å². The highest BCUT2D eigenvalue weighted by Crippen LogP contribution is 2.25. The van der Waals surface area contributed by atoms with Crippen molar-refractivity contribution >= 4 is 15.9 Å². The molecule has 2 aromatic rings. The highest BCUT2D eigenvalue weighted by molar-refractivity contribution is 9.10. The minimum absolute atomic E-state index is 0.109. The van der Waals surface area contributed by atoms with Crippen LogP contribution >= 0.6 is 15.9 Å². The van der Waals surface area contributed by atoms with Crippen LogP contribution in [0.3, 0.4) is 0 Å². The Bertz CT molecular complexity index is 540. The molecule has 0 aliphatic heterocycles. The van der Waals surface area contributed by atoms with E-state index in [0.717, 1.165) is 11.4 Å². The second-order valence-corrected chi connectivity index (χ2v) is 4.53. The molecule has 0 saturated carbocycles. The van der Waals surface area contributed by atoms with Gasteiger partial charge in [-0.15, -0.1) is 0 Å². The first-order chi connectivity index (χ1) is 8.04. The fourth-order valence-electron chi connectivity index (χ4n) is 1.40. The Kier molecular flexibility index (Phi) is 3.38. The number of rotatable bonds is 2. The van der Waals surface area contributed by atoms with E-state index in [1.807, 2.05) is 19.9 Å². The van der Waals surface area contributed by atoms with Gasteiger partial charge in [-0.1, -0.05) is 15.9 Å². The van der Waals surface area contributed by atoms with Crippen LogP contribution in [-0.4, -0.2) is 9.97 Å². The van der Waals surface area contributed by atoms with Crippen LogP contribution in [0.1, 0.15) is 11.4 Å². The summed E-state index contributed by atoms with van der Waals surface area (Å²) in [6, 6.07) is 6.54. The number of hydrogen-bond donors (Lipinski definition) is 0. The average molecular weight is 297 g/mol. The summed E-state index contributed by atoms with van der Waals surface area (Å²) < 4.78 is 19.5. The van der Waals surface area contributed by atoms with Crippen LogP contribution in [0.4, 0.5) is 4.39 Å². The molecule has 0 radical (unpaired) electrons. The first-order valence-corrected chi connectivity index (χ1v) is 5.79. The van der Waals surface area contributed by atoms with Crippen molar-refractivity contribution in [1.29, 1.82) is 0 Å². The first kappa shape index (κ1) is 12.0. The van der Waals surface area contributed by atoms with Gasteiger partial charge in [-0.25, -0.2) is 14.4 Å². The summed E-state index contributed by atoms with van der Waals surface area (Å²) in [4.78, 5) is 8.16. The lowest BCUT2D eigenvalue weighted by Crippen LogP contribution is -1.97. The molecule has 0 amide bonds. The van der Waals surface area contributed by atoms with Gasteiger partial charge in [0.05, 0.1) is 0 Å². The number of halogens is 2. The Morgan fingerprint density at radius 3 is 2.35 bits per heavy atom. The average Bonchev–Trinajstić information content (AvgIpc) is 2.21. The first-order valence-electron chi connectivity index (χ1n) is 5.00. The van der Waals surface area contributed by atoms with Crippen molar-refractivity contribution < 1.29 is 9.13 Å². The normalized spacial score (nSPS) is 10.4. The number of benzene rings is 1. The Balaban J connectivity index is 2.31. The Labute approximate surface area is 107 Å². The molecular weight excluding hydrogens is 287 g/mol. The van der Waals surface area contributed by atoms with Gasteiger partial charge in [-0.05, 0) is 38.1 Å². The number of aromatic nitrogens is 2. The van der Waals surface area contributed by atoms with Gasteiger partial charge in [0.1, 0.15) is 0 Å². The molecule has 0 fully saturated rings. The molecule has 5 heteroatoms. The van der Waals surface area contributed by atoms with Gasteiger partial charge in [0.25, 0.3) is 0 Å². The Morgan fingerprint density at radius 1 is 1.12 bits per heavy atom. The van der Waals surface area contributed by atoms with Crippen LogP contribution in [0, 0.1) is 19.7 Å². The minimum atomic E-state index is -0.456. The zero-order valence-electron chi connectivity index (χ0n) is 9.37. The molecule has 0 atom stereocenters. The second kappa shape index (κ2) is 4.79. The zero-order valence-corrected chi connectivity index (χ0v) is 11.0. The quantitative estimate of drug-likeness (QED) is 0.846. The van der Waals surface area contributed by atoms with Crippen molar-refractivity contribution in [1.82, 2.24) is 9.97 Å². The number of ether oxygens (including phenoxy) is 1. The van der Waals surface area contributed by atoms with Crippen molar-refractivity contribution in [3.05, 3.63) is 45.9 Å². The van der Waals surface area contributed by atoms with E-state index in [9.17, 15) is 4.39 Å².